The minimum atomic E-state index is -0.119. The highest BCUT2D eigenvalue weighted by Crippen LogP contribution is 2.31. The van der Waals surface area contributed by atoms with Crippen LogP contribution in [0.15, 0.2) is 39.0 Å². The Bertz CT molecular complexity index is 745. The Labute approximate surface area is 151 Å². The van der Waals surface area contributed by atoms with Crippen LogP contribution in [0.5, 0.6) is 0 Å². The maximum atomic E-state index is 12.3. The SMILES string of the molecule is O=C1CCSc2ccc(C(=O)NCCc3ccc(Br)s3)cc2N1. The molecule has 120 valence electrons. The van der Waals surface area contributed by atoms with Crippen molar-refractivity contribution < 1.29 is 9.59 Å². The van der Waals surface area contributed by atoms with E-state index in [-0.39, 0.29) is 11.8 Å². The number of anilines is 1. The van der Waals surface area contributed by atoms with E-state index < -0.39 is 0 Å². The smallest absolute Gasteiger partial charge is 0.251 e. The molecule has 2 N–H and O–H groups in total. The first-order chi connectivity index (χ1) is 11.1. The molecule has 1 aliphatic heterocycles. The summed E-state index contributed by atoms with van der Waals surface area (Å²) in [5.74, 6) is 0.643. The number of halogens is 1. The van der Waals surface area contributed by atoms with Crippen molar-refractivity contribution in [2.75, 3.05) is 17.6 Å². The molecule has 2 heterocycles. The molecule has 0 saturated carbocycles. The molecule has 4 nitrogen and oxygen atoms in total. The maximum Gasteiger partial charge on any atom is 0.251 e. The standard InChI is InChI=1S/C16H15BrN2O2S2/c17-14-4-2-11(23-14)5-7-18-16(21)10-1-3-13-12(9-10)19-15(20)6-8-22-13/h1-4,9H,5-8H2,(H,18,21)(H,19,20). The zero-order chi connectivity index (χ0) is 16.2. The third kappa shape index (κ3) is 4.37. The van der Waals surface area contributed by atoms with Crippen molar-refractivity contribution in [2.45, 2.75) is 17.7 Å². The number of rotatable bonds is 4. The number of carbonyl (C=O) groups is 2. The summed E-state index contributed by atoms with van der Waals surface area (Å²) >= 11 is 6.74. The molecule has 1 aliphatic rings. The van der Waals surface area contributed by atoms with E-state index in [1.165, 1.54) is 4.88 Å². The van der Waals surface area contributed by atoms with Crippen molar-refractivity contribution in [3.05, 3.63) is 44.6 Å². The van der Waals surface area contributed by atoms with E-state index in [1.807, 2.05) is 12.1 Å². The molecule has 0 radical (unpaired) electrons. The van der Waals surface area contributed by atoms with Gasteiger partial charge in [-0.1, -0.05) is 0 Å². The third-order valence-electron chi connectivity index (χ3n) is 3.39. The third-order valence-corrected chi connectivity index (χ3v) is 6.15. The summed E-state index contributed by atoms with van der Waals surface area (Å²) in [6.07, 6.45) is 1.30. The normalized spacial score (nSPS) is 13.9. The van der Waals surface area contributed by atoms with Gasteiger partial charge < -0.3 is 10.6 Å². The molecule has 0 unspecified atom stereocenters. The van der Waals surface area contributed by atoms with Crippen LogP contribution in [0.1, 0.15) is 21.7 Å². The lowest BCUT2D eigenvalue weighted by Gasteiger charge is -2.09. The van der Waals surface area contributed by atoms with Crippen LogP contribution in [0.25, 0.3) is 0 Å². The average molecular weight is 411 g/mol. The van der Waals surface area contributed by atoms with E-state index in [1.54, 1.807) is 35.2 Å². The lowest BCUT2D eigenvalue weighted by Crippen LogP contribution is -2.25. The lowest BCUT2D eigenvalue weighted by atomic mass is 10.2. The maximum absolute atomic E-state index is 12.3. The van der Waals surface area contributed by atoms with Crippen molar-refractivity contribution in [3.8, 4) is 0 Å². The molecule has 1 aromatic heterocycles. The molecule has 2 aromatic rings. The van der Waals surface area contributed by atoms with Crippen molar-refractivity contribution in [3.63, 3.8) is 0 Å². The van der Waals surface area contributed by atoms with E-state index >= 15 is 0 Å². The van der Waals surface area contributed by atoms with Gasteiger partial charge in [0.25, 0.3) is 5.91 Å². The fourth-order valence-corrected chi connectivity index (χ4v) is 4.67. The monoisotopic (exact) mass is 410 g/mol. The average Bonchev–Trinajstić information content (AvgIpc) is 2.84. The van der Waals surface area contributed by atoms with Crippen molar-refractivity contribution >= 4 is 56.5 Å². The molecule has 0 fully saturated rings. The largest absolute Gasteiger partial charge is 0.352 e. The number of thioether (sulfide) groups is 1. The number of nitrogens with one attached hydrogen (secondary N) is 2. The van der Waals surface area contributed by atoms with Crippen LogP contribution in [0.4, 0.5) is 5.69 Å². The molecule has 7 heteroatoms. The summed E-state index contributed by atoms with van der Waals surface area (Å²) in [5.41, 5.74) is 1.30. The second-order valence-corrected chi connectivity index (χ2v) is 8.75. The van der Waals surface area contributed by atoms with Gasteiger partial charge in [-0.15, -0.1) is 23.1 Å². The van der Waals surface area contributed by atoms with Crippen LogP contribution >= 0.6 is 39.0 Å². The molecule has 0 saturated heterocycles. The van der Waals surface area contributed by atoms with Gasteiger partial charge in [0, 0.05) is 34.1 Å². The molecule has 23 heavy (non-hydrogen) atoms. The predicted molar refractivity (Wildman–Crippen MR) is 98.5 cm³/mol. The number of hydrogen-bond acceptors (Lipinski definition) is 4. The Morgan fingerprint density at radius 3 is 2.96 bits per heavy atom. The van der Waals surface area contributed by atoms with E-state index in [0.29, 0.717) is 18.5 Å². The molecule has 1 aromatic carbocycles. The van der Waals surface area contributed by atoms with Gasteiger partial charge in [-0.05, 0) is 52.7 Å². The van der Waals surface area contributed by atoms with Gasteiger partial charge in [0.15, 0.2) is 0 Å². The van der Waals surface area contributed by atoms with E-state index in [2.05, 4.69) is 32.6 Å². The Kier molecular flexibility index (Phi) is 5.40. The van der Waals surface area contributed by atoms with Crippen molar-refractivity contribution in [1.82, 2.24) is 5.32 Å². The summed E-state index contributed by atoms with van der Waals surface area (Å²) in [5, 5.41) is 5.78. The van der Waals surface area contributed by atoms with Crippen LogP contribution in [0.2, 0.25) is 0 Å². The van der Waals surface area contributed by atoms with E-state index in [9.17, 15) is 9.59 Å². The molecular formula is C16H15BrN2O2S2. The molecular weight excluding hydrogens is 396 g/mol. The summed E-state index contributed by atoms with van der Waals surface area (Å²) in [6.45, 7) is 0.587. The second-order valence-electron chi connectivity index (χ2n) is 5.07. The number of hydrogen-bond donors (Lipinski definition) is 2. The van der Waals surface area contributed by atoms with Gasteiger partial charge in [-0.3, -0.25) is 9.59 Å². The minimum Gasteiger partial charge on any atom is -0.352 e. The molecule has 0 atom stereocenters. The van der Waals surface area contributed by atoms with Crippen LogP contribution < -0.4 is 10.6 Å². The number of amides is 2. The molecule has 0 aliphatic carbocycles. The van der Waals surface area contributed by atoms with Crippen molar-refractivity contribution in [1.29, 1.82) is 0 Å². The molecule has 0 bridgehead atoms. The molecule has 0 spiro atoms. The fourth-order valence-electron chi connectivity index (χ4n) is 2.25. The van der Waals surface area contributed by atoms with Gasteiger partial charge in [0.1, 0.15) is 0 Å². The summed E-state index contributed by atoms with van der Waals surface area (Å²) < 4.78 is 1.10. The number of fused-ring (bicyclic) bond motifs is 1. The highest BCUT2D eigenvalue weighted by molar-refractivity contribution is 9.11. The number of carbonyl (C=O) groups excluding carboxylic acids is 2. The minimum absolute atomic E-state index is 0.00270. The summed E-state index contributed by atoms with van der Waals surface area (Å²) in [6, 6.07) is 9.52. The van der Waals surface area contributed by atoms with Crippen LogP contribution in [0, 0.1) is 0 Å². The summed E-state index contributed by atoms with van der Waals surface area (Å²) in [4.78, 5) is 26.1. The topological polar surface area (TPSA) is 58.2 Å². The number of thiophene rings is 1. The van der Waals surface area contributed by atoms with E-state index in [4.69, 9.17) is 0 Å². The Balaban J connectivity index is 1.62. The molecule has 3 rings (SSSR count). The predicted octanol–water partition coefficient (Wildman–Crippen LogP) is 3.92. The van der Waals surface area contributed by atoms with Gasteiger partial charge in [0.05, 0.1) is 9.47 Å². The first-order valence-electron chi connectivity index (χ1n) is 7.21. The van der Waals surface area contributed by atoms with Gasteiger partial charge >= 0.3 is 0 Å². The second kappa shape index (κ2) is 7.51. The number of benzene rings is 1. The van der Waals surface area contributed by atoms with Crippen LogP contribution in [-0.2, 0) is 11.2 Å². The van der Waals surface area contributed by atoms with Gasteiger partial charge in [-0.25, -0.2) is 0 Å². The van der Waals surface area contributed by atoms with Crippen molar-refractivity contribution in [2.24, 2.45) is 0 Å². The quantitative estimate of drug-likeness (QED) is 0.802. The van der Waals surface area contributed by atoms with E-state index in [0.717, 1.165) is 26.5 Å². The first-order valence-corrected chi connectivity index (χ1v) is 9.80. The Hall–Kier alpha value is -1.31. The zero-order valence-electron chi connectivity index (χ0n) is 12.2. The zero-order valence-corrected chi connectivity index (χ0v) is 15.4. The lowest BCUT2D eigenvalue weighted by molar-refractivity contribution is -0.115. The first kappa shape index (κ1) is 16.5. The highest BCUT2D eigenvalue weighted by atomic mass is 79.9. The Morgan fingerprint density at radius 1 is 1.30 bits per heavy atom. The molecule has 2 amide bonds. The fraction of sp³-hybridized carbons (Fsp3) is 0.250. The highest BCUT2D eigenvalue weighted by Gasteiger charge is 2.15. The van der Waals surface area contributed by atoms with Gasteiger partial charge in [-0.2, -0.15) is 0 Å². The van der Waals surface area contributed by atoms with Crippen LogP contribution in [-0.4, -0.2) is 24.1 Å². The summed E-state index contributed by atoms with van der Waals surface area (Å²) in [7, 11) is 0. The van der Waals surface area contributed by atoms with Gasteiger partial charge in [0.2, 0.25) is 5.91 Å². The Morgan fingerprint density at radius 2 is 2.17 bits per heavy atom. The van der Waals surface area contributed by atoms with Crippen LogP contribution in [0.3, 0.4) is 0 Å².